The lowest BCUT2D eigenvalue weighted by molar-refractivity contribution is 0.243. The minimum Gasteiger partial charge on any atom is -0.377 e. The molecule has 88 valence electrons. The molecule has 0 bridgehead atoms. The van der Waals surface area contributed by atoms with Crippen molar-refractivity contribution in [3.8, 4) is 0 Å². The standard InChI is InChI=1S/C13H15N3O/c1-11-3-5-12(6-4-11)15-13(9-17-2)16-8-7-14-10-16/h3-8,10H,9H2,1-2H3/b15-13+. The summed E-state index contributed by atoms with van der Waals surface area (Å²) in [4.78, 5) is 8.55. The summed E-state index contributed by atoms with van der Waals surface area (Å²) in [7, 11) is 1.65. The second-order valence-electron chi connectivity index (χ2n) is 3.77. The summed E-state index contributed by atoms with van der Waals surface area (Å²) in [6, 6.07) is 8.05. The van der Waals surface area contributed by atoms with Crippen molar-refractivity contribution in [1.29, 1.82) is 0 Å². The number of hydrogen-bond donors (Lipinski definition) is 0. The van der Waals surface area contributed by atoms with E-state index in [9.17, 15) is 0 Å². The molecule has 0 aliphatic carbocycles. The maximum atomic E-state index is 5.14. The highest BCUT2D eigenvalue weighted by Gasteiger charge is 2.01. The maximum absolute atomic E-state index is 5.14. The van der Waals surface area contributed by atoms with Gasteiger partial charge in [-0.3, -0.25) is 4.57 Å². The van der Waals surface area contributed by atoms with Crippen LogP contribution in [-0.4, -0.2) is 29.1 Å². The van der Waals surface area contributed by atoms with Gasteiger partial charge in [-0.1, -0.05) is 17.7 Å². The van der Waals surface area contributed by atoms with Crippen LogP contribution in [-0.2, 0) is 4.74 Å². The van der Waals surface area contributed by atoms with E-state index < -0.39 is 0 Å². The fourth-order valence-corrected chi connectivity index (χ4v) is 1.47. The number of imidazole rings is 1. The molecule has 4 nitrogen and oxygen atoms in total. The van der Waals surface area contributed by atoms with Crippen molar-refractivity contribution >= 4 is 11.5 Å². The van der Waals surface area contributed by atoms with Gasteiger partial charge in [0, 0.05) is 19.5 Å². The molecule has 4 heteroatoms. The fraction of sp³-hybridized carbons (Fsp3) is 0.231. The SMILES string of the molecule is COC/C(=N\c1ccc(C)cc1)n1ccnc1. The lowest BCUT2D eigenvalue weighted by Crippen LogP contribution is -2.15. The van der Waals surface area contributed by atoms with Crippen molar-refractivity contribution in [2.75, 3.05) is 13.7 Å². The van der Waals surface area contributed by atoms with Crippen LogP contribution in [0.5, 0.6) is 0 Å². The van der Waals surface area contributed by atoms with Gasteiger partial charge in [0.25, 0.3) is 0 Å². The van der Waals surface area contributed by atoms with E-state index in [2.05, 4.69) is 16.9 Å². The number of methoxy groups -OCH3 is 1. The quantitative estimate of drug-likeness (QED) is 0.599. The average Bonchev–Trinajstić information content (AvgIpc) is 2.85. The summed E-state index contributed by atoms with van der Waals surface area (Å²) in [5.74, 6) is 0.814. The second kappa shape index (κ2) is 5.41. The predicted molar refractivity (Wildman–Crippen MR) is 67.8 cm³/mol. The number of ether oxygens (including phenoxy) is 1. The Labute approximate surface area is 101 Å². The van der Waals surface area contributed by atoms with E-state index in [1.165, 1.54) is 5.56 Å². The van der Waals surface area contributed by atoms with Gasteiger partial charge < -0.3 is 4.74 Å². The predicted octanol–water partition coefficient (Wildman–Crippen LogP) is 2.42. The highest BCUT2D eigenvalue weighted by molar-refractivity contribution is 5.87. The molecule has 0 atom stereocenters. The van der Waals surface area contributed by atoms with Gasteiger partial charge in [-0.15, -0.1) is 0 Å². The first-order valence-corrected chi connectivity index (χ1v) is 5.41. The van der Waals surface area contributed by atoms with Crippen molar-refractivity contribution in [1.82, 2.24) is 9.55 Å². The first kappa shape index (κ1) is 11.5. The number of aliphatic imine (C=N–C) groups is 1. The van der Waals surface area contributed by atoms with Crippen LogP contribution in [0.3, 0.4) is 0 Å². The number of benzene rings is 1. The normalized spacial score (nSPS) is 11.8. The van der Waals surface area contributed by atoms with E-state index in [4.69, 9.17) is 4.74 Å². The van der Waals surface area contributed by atoms with Crippen LogP contribution in [0.25, 0.3) is 0 Å². The van der Waals surface area contributed by atoms with Gasteiger partial charge in [0.1, 0.15) is 18.8 Å². The minimum atomic E-state index is 0.449. The summed E-state index contributed by atoms with van der Waals surface area (Å²) in [6.45, 7) is 2.50. The van der Waals surface area contributed by atoms with Gasteiger partial charge in [-0.25, -0.2) is 9.98 Å². The smallest absolute Gasteiger partial charge is 0.140 e. The summed E-state index contributed by atoms with van der Waals surface area (Å²) in [5, 5.41) is 0. The number of nitrogens with zero attached hydrogens (tertiary/aromatic N) is 3. The zero-order valence-corrected chi connectivity index (χ0v) is 10.00. The van der Waals surface area contributed by atoms with Gasteiger partial charge in [-0.2, -0.15) is 0 Å². The van der Waals surface area contributed by atoms with Crippen LogP contribution in [0.2, 0.25) is 0 Å². The van der Waals surface area contributed by atoms with Crippen LogP contribution in [0.15, 0.2) is 48.0 Å². The Bertz CT molecular complexity index is 486. The number of aryl methyl sites for hydroxylation is 1. The van der Waals surface area contributed by atoms with Gasteiger partial charge in [-0.05, 0) is 19.1 Å². The van der Waals surface area contributed by atoms with Gasteiger partial charge in [0.15, 0.2) is 0 Å². The maximum Gasteiger partial charge on any atom is 0.140 e. The first-order chi connectivity index (χ1) is 8.29. The first-order valence-electron chi connectivity index (χ1n) is 5.41. The molecule has 1 aromatic heterocycles. The Morgan fingerprint density at radius 1 is 1.35 bits per heavy atom. The third-order valence-corrected chi connectivity index (χ3v) is 2.37. The molecule has 0 aliphatic rings. The number of rotatable bonds is 3. The summed E-state index contributed by atoms with van der Waals surface area (Å²) >= 11 is 0. The molecule has 1 aromatic carbocycles. The molecule has 0 saturated carbocycles. The van der Waals surface area contributed by atoms with Crippen molar-refractivity contribution in [3.63, 3.8) is 0 Å². The highest BCUT2D eigenvalue weighted by Crippen LogP contribution is 2.13. The molecule has 0 unspecified atom stereocenters. The lowest BCUT2D eigenvalue weighted by atomic mass is 10.2. The van der Waals surface area contributed by atoms with E-state index in [-0.39, 0.29) is 0 Å². The molecule has 0 amide bonds. The fourth-order valence-electron chi connectivity index (χ4n) is 1.47. The molecule has 0 N–H and O–H groups in total. The highest BCUT2D eigenvalue weighted by atomic mass is 16.5. The monoisotopic (exact) mass is 229 g/mol. The molecular weight excluding hydrogens is 214 g/mol. The number of hydrogen-bond acceptors (Lipinski definition) is 3. The lowest BCUT2D eigenvalue weighted by Gasteiger charge is -2.06. The van der Waals surface area contributed by atoms with Crippen LogP contribution < -0.4 is 0 Å². The van der Waals surface area contributed by atoms with Crippen LogP contribution >= 0.6 is 0 Å². The summed E-state index contributed by atoms with van der Waals surface area (Å²) in [6.07, 6.45) is 5.29. The molecule has 2 rings (SSSR count). The molecule has 0 spiro atoms. The Hall–Kier alpha value is -1.94. The third-order valence-electron chi connectivity index (χ3n) is 2.37. The van der Waals surface area contributed by atoms with Crippen molar-refractivity contribution in [2.24, 2.45) is 4.99 Å². The van der Waals surface area contributed by atoms with Crippen molar-refractivity contribution < 1.29 is 4.74 Å². The Balaban J connectivity index is 2.29. The number of aromatic nitrogens is 2. The van der Waals surface area contributed by atoms with Crippen molar-refractivity contribution in [3.05, 3.63) is 48.5 Å². The zero-order chi connectivity index (χ0) is 12.1. The average molecular weight is 229 g/mol. The van der Waals surface area contributed by atoms with Crippen LogP contribution in [0.1, 0.15) is 5.56 Å². The molecule has 2 aromatic rings. The Morgan fingerprint density at radius 3 is 2.71 bits per heavy atom. The Morgan fingerprint density at radius 2 is 2.12 bits per heavy atom. The topological polar surface area (TPSA) is 39.4 Å². The summed E-state index contributed by atoms with van der Waals surface area (Å²) in [5.41, 5.74) is 2.14. The van der Waals surface area contributed by atoms with E-state index in [0.717, 1.165) is 11.5 Å². The van der Waals surface area contributed by atoms with Crippen LogP contribution in [0, 0.1) is 6.92 Å². The van der Waals surface area contributed by atoms with Gasteiger partial charge >= 0.3 is 0 Å². The molecule has 0 aliphatic heterocycles. The minimum absolute atomic E-state index is 0.449. The van der Waals surface area contributed by atoms with Gasteiger partial charge in [0.2, 0.25) is 0 Å². The second-order valence-corrected chi connectivity index (χ2v) is 3.77. The molecule has 0 saturated heterocycles. The molecular formula is C13H15N3O. The molecule has 17 heavy (non-hydrogen) atoms. The van der Waals surface area contributed by atoms with Crippen LogP contribution in [0.4, 0.5) is 5.69 Å². The zero-order valence-electron chi connectivity index (χ0n) is 10.00. The third kappa shape index (κ3) is 3.01. The van der Waals surface area contributed by atoms with E-state index in [1.54, 1.807) is 19.6 Å². The van der Waals surface area contributed by atoms with Gasteiger partial charge in [0.05, 0.1) is 5.69 Å². The van der Waals surface area contributed by atoms with E-state index in [0.29, 0.717) is 6.61 Å². The van der Waals surface area contributed by atoms with E-state index in [1.807, 2.05) is 35.0 Å². The molecule has 0 radical (unpaired) electrons. The molecule has 0 fully saturated rings. The molecule has 1 heterocycles. The van der Waals surface area contributed by atoms with E-state index >= 15 is 0 Å². The van der Waals surface area contributed by atoms with Crippen molar-refractivity contribution in [2.45, 2.75) is 6.92 Å². The summed E-state index contributed by atoms with van der Waals surface area (Å²) < 4.78 is 6.99. The largest absolute Gasteiger partial charge is 0.377 e. The Kier molecular flexibility index (Phi) is 3.67.